The number of nitrogens with zero attached hydrogens (tertiary/aromatic N) is 1. The van der Waals surface area contributed by atoms with E-state index in [1.165, 1.54) is 6.07 Å². The van der Waals surface area contributed by atoms with E-state index in [0.717, 1.165) is 49.4 Å². The smallest absolute Gasteiger partial charge is 0.350 e. The van der Waals surface area contributed by atoms with Crippen molar-refractivity contribution in [1.82, 2.24) is 15.6 Å². The highest BCUT2D eigenvalue weighted by Crippen LogP contribution is 2.33. The van der Waals surface area contributed by atoms with Gasteiger partial charge in [-0.1, -0.05) is 12.1 Å². The normalized spacial score (nSPS) is 16.8. The minimum absolute atomic E-state index is 0. The Balaban J connectivity index is 0.00000182. The molecule has 3 rings (SSSR count). The van der Waals surface area contributed by atoms with E-state index in [9.17, 15) is 18.0 Å². The van der Waals surface area contributed by atoms with E-state index in [0.29, 0.717) is 23.0 Å². The van der Waals surface area contributed by atoms with E-state index < -0.39 is 11.7 Å². The summed E-state index contributed by atoms with van der Waals surface area (Å²) < 4.78 is 38.4. The van der Waals surface area contributed by atoms with Gasteiger partial charge in [-0.3, -0.25) is 4.79 Å². The Morgan fingerprint density at radius 1 is 1.33 bits per heavy atom. The highest BCUT2D eigenvalue weighted by Gasteiger charge is 2.30. The number of alkyl halides is 3. The quantitative estimate of drug-likeness (QED) is 0.738. The van der Waals surface area contributed by atoms with Crippen LogP contribution in [0.3, 0.4) is 0 Å². The van der Waals surface area contributed by atoms with Gasteiger partial charge >= 0.3 is 6.18 Å². The Labute approximate surface area is 171 Å². The molecular weight excluding hydrogens is 422 g/mol. The third kappa shape index (κ3) is 6.34. The predicted octanol–water partition coefficient (Wildman–Crippen LogP) is 4.40. The molecule has 10 heteroatoms. The van der Waals surface area contributed by atoms with Crippen LogP contribution in [0.2, 0.25) is 0 Å². The van der Waals surface area contributed by atoms with Crippen LogP contribution >= 0.6 is 36.2 Å². The molecule has 0 spiro atoms. The average molecular weight is 442 g/mol. The molecule has 1 fully saturated rings. The molecule has 0 radical (unpaired) electrons. The molecule has 27 heavy (non-hydrogen) atoms. The second-order valence-electron chi connectivity index (χ2n) is 6.04. The van der Waals surface area contributed by atoms with Gasteiger partial charge in [0.2, 0.25) is 0 Å². The van der Waals surface area contributed by atoms with Gasteiger partial charge in [0.15, 0.2) is 0 Å². The van der Waals surface area contributed by atoms with Crippen molar-refractivity contribution in [2.45, 2.75) is 19.0 Å². The molecule has 2 N–H and O–H groups in total. The molecule has 1 unspecified atom stereocenters. The summed E-state index contributed by atoms with van der Waals surface area (Å²) in [6.07, 6.45) is -2.24. The van der Waals surface area contributed by atoms with Crippen molar-refractivity contribution in [3.05, 3.63) is 40.9 Å². The molecule has 2 aromatic rings. The summed E-state index contributed by atoms with van der Waals surface area (Å²) in [6.45, 7) is 2.46. The molecule has 0 saturated carbocycles. The Morgan fingerprint density at radius 3 is 2.78 bits per heavy atom. The number of carbonyl (C=O) groups excluding carboxylic acids is 1. The zero-order valence-corrected chi connectivity index (χ0v) is 16.7. The van der Waals surface area contributed by atoms with E-state index in [1.54, 1.807) is 11.4 Å². The lowest BCUT2D eigenvalue weighted by Crippen LogP contribution is -2.38. The van der Waals surface area contributed by atoms with E-state index >= 15 is 0 Å². The van der Waals surface area contributed by atoms with Gasteiger partial charge in [0.25, 0.3) is 5.91 Å². The molecule has 1 saturated heterocycles. The van der Waals surface area contributed by atoms with E-state index in [1.807, 2.05) is 0 Å². The third-order valence-corrected chi connectivity index (χ3v) is 5.02. The molecule has 4 nitrogen and oxygen atoms in total. The van der Waals surface area contributed by atoms with Gasteiger partial charge < -0.3 is 10.6 Å². The fourth-order valence-electron chi connectivity index (χ4n) is 2.76. The summed E-state index contributed by atoms with van der Waals surface area (Å²) in [4.78, 5) is 16.4. The average Bonchev–Trinajstić information content (AvgIpc) is 3.10. The van der Waals surface area contributed by atoms with Crippen molar-refractivity contribution in [3.63, 3.8) is 0 Å². The monoisotopic (exact) mass is 441 g/mol. The number of hydrogen-bond acceptors (Lipinski definition) is 4. The lowest BCUT2D eigenvalue weighted by Gasteiger charge is -2.22. The Hall–Kier alpha value is -1.35. The maximum Gasteiger partial charge on any atom is 0.416 e. The summed E-state index contributed by atoms with van der Waals surface area (Å²) in [6, 6.07) is 4.97. The molecule has 0 aliphatic carbocycles. The fraction of sp³-hybridized carbons (Fsp3) is 0.412. The van der Waals surface area contributed by atoms with Crippen LogP contribution in [0.15, 0.2) is 29.6 Å². The number of halogens is 5. The molecule has 150 valence electrons. The largest absolute Gasteiger partial charge is 0.416 e. The van der Waals surface area contributed by atoms with E-state index in [2.05, 4.69) is 15.6 Å². The number of carbonyl (C=O) groups is 1. The molecule has 1 amide bonds. The standard InChI is InChI=1S/C17H18F3N3OS.2ClH/c18-17(19,20)13-5-1-4-12(7-13)16-23-14(10-25-16)15(24)22-9-11-3-2-6-21-8-11;;/h1,4-5,7,10-11,21H,2-3,6,8-9H2,(H,22,24);2*1H. The number of amides is 1. The lowest BCUT2D eigenvalue weighted by molar-refractivity contribution is -0.137. The molecular formula is C17H20Cl2F3N3OS. The van der Waals surface area contributed by atoms with Crippen LogP contribution in [-0.2, 0) is 6.18 Å². The first-order valence-corrected chi connectivity index (χ1v) is 8.93. The summed E-state index contributed by atoms with van der Waals surface area (Å²) in [7, 11) is 0. The first kappa shape index (κ1) is 23.7. The van der Waals surface area contributed by atoms with Crippen molar-refractivity contribution >= 4 is 42.1 Å². The number of nitrogens with one attached hydrogen (secondary N) is 2. The molecule has 1 aliphatic rings. The maximum atomic E-state index is 12.8. The second-order valence-corrected chi connectivity index (χ2v) is 6.90. The number of benzene rings is 1. The molecule has 1 aromatic heterocycles. The SMILES string of the molecule is Cl.Cl.O=C(NCC1CCCNC1)c1csc(-c2cccc(C(F)(F)F)c2)n1. The first-order valence-electron chi connectivity index (χ1n) is 8.05. The zero-order chi connectivity index (χ0) is 17.9. The number of thiazole rings is 1. The predicted molar refractivity (Wildman–Crippen MR) is 105 cm³/mol. The van der Waals surface area contributed by atoms with Crippen molar-refractivity contribution in [1.29, 1.82) is 0 Å². The van der Waals surface area contributed by atoms with Crippen LogP contribution in [0.25, 0.3) is 10.6 Å². The third-order valence-electron chi connectivity index (χ3n) is 4.12. The van der Waals surface area contributed by atoms with Crippen LogP contribution in [0, 0.1) is 5.92 Å². The highest BCUT2D eigenvalue weighted by molar-refractivity contribution is 7.13. The van der Waals surface area contributed by atoms with Crippen LogP contribution in [-0.4, -0.2) is 30.5 Å². The van der Waals surface area contributed by atoms with Crippen LogP contribution in [0.4, 0.5) is 13.2 Å². The van der Waals surface area contributed by atoms with Crippen LogP contribution < -0.4 is 10.6 Å². The topological polar surface area (TPSA) is 54.0 Å². The number of aromatic nitrogens is 1. The van der Waals surface area contributed by atoms with Gasteiger partial charge in [0.1, 0.15) is 10.7 Å². The Bertz CT molecular complexity index is 749. The zero-order valence-electron chi connectivity index (χ0n) is 14.2. The van der Waals surface area contributed by atoms with Crippen molar-refractivity contribution in [3.8, 4) is 10.6 Å². The van der Waals surface area contributed by atoms with E-state index in [4.69, 9.17) is 0 Å². The molecule has 1 atom stereocenters. The summed E-state index contributed by atoms with van der Waals surface area (Å²) >= 11 is 1.16. The summed E-state index contributed by atoms with van der Waals surface area (Å²) in [5.41, 5.74) is -0.132. The minimum atomic E-state index is -4.40. The number of rotatable bonds is 4. The lowest BCUT2D eigenvalue weighted by atomic mass is 10.00. The van der Waals surface area contributed by atoms with Gasteiger partial charge in [-0.15, -0.1) is 36.2 Å². The molecule has 0 bridgehead atoms. The van der Waals surface area contributed by atoms with Gasteiger partial charge in [0, 0.05) is 17.5 Å². The maximum absolute atomic E-state index is 12.8. The highest BCUT2D eigenvalue weighted by atomic mass is 35.5. The van der Waals surface area contributed by atoms with E-state index in [-0.39, 0.29) is 36.4 Å². The first-order chi connectivity index (χ1) is 11.9. The molecule has 2 heterocycles. The minimum Gasteiger partial charge on any atom is -0.350 e. The van der Waals surface area contributed by atoms with Crippen molar-refractivity contribution in [2.75, 3.05) is 19.6 Å². The van der Waals surface area contributed by atoms with Crippen LogP contribution in [0.1, 0.15) is 28.9 Å². The summed E-state index contributed by atoms with van der Waals surface area (Å²) in [5, 5.41) is 8.11. The number of piperidine rings is 1. The summed E-state index contributed by atoms with van der Waals surface area (Å²) in [5.74, 6) is 0.110. The Morgan fingerprint density at radius 2 is 2.11 bits per heavy atom. The van der Waals surface area contributed by atoms with Crippen molar-refractivity contribution in [2.24, 2.45) is 5.92 Å². The van der Waals surface area contributed by atoms with Gasteiger partial charge in [0.05, 0.1) is 5.56 Å². The molecule has 1 aliphatic heterocycles. The number of hydrogen-bond donors (Lipinski definition) is 2. The second kappa shape index (κ2) is 10.3. The van der Waals surface area contributed by atoms with Crippen molar-refractivity contribution < 1.29 is 18.0 Å². The molecule has 1 aromatic carbocycles. The van der Waals surface area contributed by atoms with Crippen LogP contribution in [0.5, 0.6) is 0 Å². The van der Waals surface area contributed by atoms with Gasteiger partial charge in [-0.05, 0) is 44.0 Å². The van der Waals surface area contributed by atoms with Gasteiger partial charge in [-0.25, -0.2) is 4.98 Å². The Kier molecular flexibility index (Phi) is 9.01. The fourth-order valence-corrected chi connectivity index (χ4v) is 3.56. The van der Waals surface area contributed by atoms with Gasteiger partial charge in [-0.2, -0.15) is 13.2 Å².